The third-order valence-corrected chi connectivity index (χ3v) is 7.60. The van der Waals surface area contributed by atoms with Crippen molar-refractivity contribution in [2.75, 3.05) is 0 Å². The zero-order valence-electron chi connectivity index (χ0n) is 49.2. The molecule has 4 aromatic carbocycles. The van der Waals surface area contributed by atoms with Crippen molar-refractivity contribution >= 4 is 0 Å². The third-order valence-electron chi connectivity index (χ3n) is 7.60. The van der Waals surface area contributed by atoms with Crippen LogP contribution in [0.5, 0.6) is 0 Å². The van der Waals surface area contributed by atoms with E-state index in [0.29, 0.717) is 5.41 Å². The molecule has 0 spiro atoms. The molecule has 384 valence electrons. The van der Waals surface area contributed by atoms with Gasteiger partial charge in [0.05, 0.1) is 0 Å². The van der Waals surface area contributed by atoms with Gasteiger partial charge >= 0.3 is 0 Å². The second kappa shape index (κ2) is 65.2. The first-order valence-corrected chi connectivity index (χ1v) is 25.9. The lowest BCUT2D eigenvalue weighted by Gasteiger charge is -2.05. The molecule has 0 unspecified atom stereocenters. The van der Waals surface area contributed by atoms with E-state index in [1.807, 2.05) is 32.0 Å². The minimum atomic E-state index is 0. The SMILES string of the molecule is C.CC.CC(C)(C)C.CC(C)C.CCC.CCC(C)C.CCC(C)C.CCCC.CCCCC.Cc1ccc(C)cc1.Cc1cccc(C)c1.Cc1ccccc1.Cc1ccccc1C. The van der Waals surface area contributed by atoms with E-state index >= 15 is 0 Å². The number of aryl methyl sites for hydroxylation is 7. The van der Waals surface area contributed by atoms with Crippen LogP contribution in [0.1, 0.15) is 243 Å². The fourth-order valence-corrected chi connectivity index (χ4v) is 2.99. The summed E-state index contributed by atoms with van der Waals surface area (Å²) in [7, 11) is 0. The Morgan fingerprint density at radius 1 is 0.369 bits per heavy atom. The third kappa shape index (κ3) is 115. The van der Waals surface area contributed by atoms with Gasteiger partial charge in [0.1, 0.15) is 0 Å². The molecule has 0 bridgehead atoms. The first-order valence-electron chi connectivity index (χ1n) is 25.9. The molecule has 0 aromatic heterocycles. The van der Waals surface area contributed by atoms with Crippen LogP contribution in [0.3, 0.4) is 0 Å². The Bertz CT molecular complexity index is 1250. The van der Waals surface area contributed by atoms with E-state index in [4.69, 9.17) is 0 Å². The van der Waals surface area contributed by atoms with E-state index in [2.05, 4.69) is 265 Å². The molecule has 65 heavy (non-hydrogen) atoms. The van der Waals surface area contributed by atoms with Crippen LogP contribution in [-0.2, 0) is 0 Å². The lowest BCUT2D eigenvalue weighted by atomic mass is 10.0. The Balaban J connectivity index is -0.0000000764. The molecule has 4 aromatic rings. The van der Waals surface area contributed by atoms with Crippen molar-refractivity contribution in [3.63, 3.8) is 0 Å². The van der Waals surface area contributed by atoms with Gasteiger partial charge in [0, 0.05) is 0 Å². The second-order valence-electron chi connectivity index (χ2n) is 19.4. The number of hydrogen-bond donors (Lipinski definition) is 0. The molecule has 4 rings (SSSR count). The zero-order valence-corrected chi connectivity index (χ0v) is 49.2. The molecule has 0 amide bonds. The molecule has 0 aliphatic heterocycles. The summed E-state index contributed by atoms with van der Waals surface area (Å²) in [6.07, 6.45) is 10.6. The second-order valence-corrected chi connectivity index (χ2v) is 19.4. The van der Waals surface area contributed by atoms with Crippen LogP contribution >= 0.6 is 0 Å². The number of unbranched alkanes of at least 4 members (excludes halogenated alkanes) is 3. The average Bonchev–Trinajstić information content (AvgIpc) is 3.22. The number of benzene rings is 4. The monoisotopic (exact) mass is 905 g/mol. The molecular formula is C65H124. The van der Waals surface area contributed by atoms with E-state index in [0.717, 1.165) is 17.8 Å². The van der Waals surface area contributed by atoms with Crippen LogP contribution in [0.25, 0.3) is 0 Å². The van der Waals surface area contributed by atoms with Gasteiger partial charge in [-0.05, 0) is 82.8 Å². The summed E-state index contributed by atoms with van der Waals surface area (Å²) >= 11 is 0. The predicted molar refractivity (Wildman–Crippen MR) is 315 cm³/mol. The molecule has 0 fully saturated rings. The van der Waals surface area contributed by atoms with Crippen molar-refractivity contribution in [1.82, 2.24) is 0 Å². The van der Waals surface area contributed by atoms with Crippen molar-refractivity contribution in [3.05, 3.63) is 142 Å². The average molecular weight is 906 g/mol. The molecule has 0 aliphatic rings. The molecular weight excluding hydrogens is 781 g/mol. The van der Waals surface area contributed by atoms with Crippen LogP contribution in [0.4, 0.5) is 0 Å². The topological polar surface area (TPSA) is 0 Å². The maximum Gasteiger partial charge on any atom is -0.0395 e. The summed E-state index contributed by atoms with van der Waals surface area (Å²) in [6.45, 7) is 60.3. The first kappa shape index (κ1) is 82.0. The van der Waals surface area contributed by atoms with Crippen LogP contribution in [0, 0.1) is 71.6 Å². The minimum absolute atomic E-state index is 0. The summed E-state index contributed by atoms with van der Waals surface area (Å²) in [5.74, 6) is 2.60. The van der Waals surface area contributed by atoms with Gasteiger partial charge in [-0.15, -0.1) is 0 Å². The van der Waals surface area contributed by atoms with E-state index < -0.39 is 0 Å². The molecule has 0 radical (unpaired) electrons. The largest absolute Gasteiger partial charge is 0.0776 e. The Kier molecular flexibility index (Phi) is 82.2. The molecule has 0 heteroatoms. The maximum atomic E-state index is 2.22. The normalized spacial score (nSPS) is 8.78. The van der Waals surface area contributed by atoms with E-state index in [9.17, 15) is 0 Å². The Morgan fingerprint density at radius 2 is 0.585 bits per heavy atom. The molecule has 0 saturated heterocycles. The highest BCUT2D eigenvalue weighted by molar-refractivity contribution is 5.23. The lowest BCUT2D eigenvalue weighted by Crippen LogP contribution is -1.93. The van der Waals surface area contributed by atoms with Gasteiger partial charge < -0.3 is 0 Å². The van der Waals surface area contributed by atoms with Gasteiger partial charge in [0.15, 0.2) is 0 Å². The van der Waals surface area contributed by atoms with Crippen molar-refractivity contribution in [2.24, 2.45) is 23.2 Å². The Morgan fingerprint density at radius 3 is 0.708 bits per heavy atom. The fourth-order valence-electron chi connectivity index (χ4n) is 2.99. The van der Waals surface area contributed by atoms with E-state index in [1.165, 1.54) is 90.3 Å². The molecule has 0 atom stereocenters. The van der Waals surface area contributed by atoms with Crippen LogP contribution in [0.15, 0.2) is 103 Å². The van der Waals surface area contributed by atoms with E-state index in [1.54, 1.807) is 0 Å². The first-order chi connectivity index (χ1) is 29.8. The molecule has 0 aliphatic carbocycles. The number of rotatable bonds is 5. The maximum absolute atomic E-state index is 2.22. The van der Waals surface area contributed by atoms with Gasteiger partial charge in [-0.25, -0.2) is 0 Å². The Labute approximate surface area is 416 Å². The van der Waals surface area contributed by atoms with Gasteiger partial charge in [0.25, 0.3) is 0 Å². The number of hydrogen-bond acceptors (Lipinski definition) is 0. The molecule has 0 saturated carbocycles. The predicted octanol–water partition coefficient (Wildman–Crippen LogP) is 23.8. The quantitative estimate of drug-likeness (QED) is 0.187. The van der Waals surface area contributed by atoms with Gasteiger partial charge in [0.2, 0.25) is 0 Å². The summed E-state index contributed by atoms with van der Waals surface area (Å²) in [6, 6.07) is 35.5. The van der Waals surface area contributed by atoms with Crippen molar-refractivity contribution in [3.8, 4) is 0 Å². The lowest BCUT2D eigenvalue weighted by molar-refractivity contribution is 0.469. The van der Waals surface area contributed by atoms with Crippen LogP contribution in [-0.4, -0.2) is 0 Å². The van der Waals surface area contributed by atoms with Crippen LogP contribution < -0.4 is 0 Å². The van der Waals surface area contributed by atoms with Crippen molar-refractivity contribution in [1.29, 1.82) is 0 Å². The van der Waals surface area contributed by atoms with Crippen LogP contribution in [0.2, 0.25) is 0 Å². The van der Waals surface area contributed by atoms with Gasteiger partial charge in [-0.3, -0.25) is 0 Å². The summed E-state index contributed by atoms with van der Waals surface area (Å²) < 4.78 is 0. The van der Waals surface area contributed by atoms with Crippen molar-refractivity contribution < 1.29 is 0 Å². The van der Waals surface area contributed by atoms with E-state index in [-0.39, 0.29) is 7.43 Å². The van der Waals surface area contributed by atoms with Crippen molar-refractivity contribution in [2.45, 2.75) is 253 Å². The van der Waals surface area contributed by atoms with Gasteiger partial charge in [-0.2, -0.15) is 0 Å². The highest BCUT2D eigenvalue weighted by atomic mass is 14.0. The summed E-state index contributed by atoms with van der Waals surface area (Å²) in [5.41, 5.74) is 9.89. The smallest absolute Gasteiger partial charge is 0.0395 e. The minimum Gasteiger partial charge on any atom is -0.0776 e. The standard InChI is InChI=1S/3C8H10.C7H8.4C5H12.2C4H10.C3H8.C2H6.CH4/c1-7-3-5-8(2)6-4-7;1-7-4-3-5-8(2)6-7;1-7-5-3-4-6-8(7)2;1-7-5-3-2-4-6-7;1-5(2,3)4;2*1-4-5(2)3;1-3-5-4-2;1-4(2)3;1-3-4-2;1-3-2;1-2;/h3*3-6H,1-2H3;2-6H,1H3;1-4H3;2*5H,4H2,1-3H3;3-5H2,1-2H3;4H,1-3H3;3-4H2,1-2H3;3H2,1-2H3;1-2H3;1H4. The highest BCUT2D eigenvalue weighted by Gasteiger charge is 1.95. The summed E-state index contributed by atoms with van der Waals surface area (Å²) in [4.78, 5) is 0. The summed E-state index contributed by atoms with van der Waals surface area (Å²) in [5, 5.41) is 0. The zero-order chi connectivity index (χ0) is 52.0. The molecule has 0 N–H and O–H groups in total. The van der Waals surface area contributed by atoms with Gasteiger partial charge in [-0.1, -0.05) is 335 Å². The highest BCUT2D eigenvalue weighted by Crippen LogP contribution is 2.08. The fraction of sp³-hybridized carbons (Fsp3) is 0.631. The Hall–Kier alpha value is -3.12. The molecule has 0 nitrogen and oxygen atoms in total. The molecule has 0 heterocycles.